The van der Waals surface area contributed by atoms with Gasteiger partial charge >= 0.3 is 5.30 Å². The number of carbonyl (C=O) groups excluding carboxylic acids is 1. The monoisotopic (exact) mass is 219 g/mol. The maximum Gasteiger partial charge on any atom is 0.364 e. The van der Waals surface area contributed by atoms with Crippen LogP contribution in [-0.2, 0) is 4.74 Å². The van der Waals surface area contributed by atoms with E-state index in [9.17, 15) is 4.79 Å². The smallest absolute Gasteiger partial charge is 0.364 e. The molecule has 0 aliphatic carbocycles. The summed E-state index contributed by atoms with van der Waals surface area (Å²) in [6, 6.07) is 0. The van der Waals surface area contributed by atoms with Gasteiger partial charge in [0.25, 0.3) is 0 Å². The Balaban J connectivity index is 0.000000249. The molecule has 1 rings (SSSR count). The predicted octanol–water partition coefficient (Wildman–Crippen LogP) is 2.56. The lowest BCUT2D eigenvalue weighted by molar-refractivity contribution is 0.174. The second kappa shape index (κ2) is 9.34. The van der Waals surface area contributed by atoms with Gasteiger partial charge in [-0.3, -0.25) is 0 Å². The van der Waals surface area contributed by atoms with Crippen molar-refractivity contribution in [3.05, 3.63) is 0 Å². The summed E-state index contributed by atoms with van der Waals surface area (Å²) >= 11 is 3.41. The zero-order valence-corrected chi connectivity index (χ0v) is 10.1. The molecule has 0 aromatic heterocycles. The minimum absolute atomic E-state index is 0.488. The van der Waals surface area contributed by atoms with Gasteiger partial charge in [0.2, 0.25) is 0 Å². The van der Waals surface area contributed by atoms with E-state index in [1.54, 1.807) is 0 Å². The topological polar surface area (TPSA) is 29.5 Å². The van der Waals surface area contributed by atoms with Crippen LogP contribution in [0.5, 0.6) is 0 Å². The van der Waals surface area contributed by atoms with Crippen LogP contribution in [0.4, 0.5) is 4.79 Å². The summed E-state index contributed by atoms with van der Waals surface area (Å²) in [5.74, 6) is 0. The van der Waals surface area contributed by atoms with Crippen molar-refractivity contribution < 1.29 is 9.53 Å². The number of unbranched alkanes of at least 4 members (excludes halogenated alkanes) is 1. The molecule has 0 radical (unpaired) electrons. The minimum Gasteiger partial charge on any atom is -0.458 e. The van der Waals surface area contributed by atoms with Gasteiger partial charge in [0, 0.05) is 0 Å². The number of nitrogens with zero attached hydrogens (tertiary/aromatic N) is 1. The summed E-state index contributed by atoms with van der Waals surface area (Å²) in [7, 11) is 2.17. The molecule has 3 nitrogen and oxygen atoms in total. The van der Waals surface area contributed by atoms with Crippen LogP contribution in [0.25, 0.3) is 0 Å². The van der Waals surface area contributed by atoms with Crippen molar-refractivity contribution in [1.82, 2.24) is 4.90 Å². The molecule has 0 unspecified atom stereocenters. The van der Waals surface area contributed by atoms with Gasteiger partial charge in [-0.15, -0.1) is 0 Å². The van der Waals surface area contributed by atoms with Crippen molar-refractivity contribution in [2.24, 2.45) is 0 Å². The summed E-state index contributed by atoms with van der Waals surface area (Å²) in [4.78, 5) is 12.3. The van der Waals surface area contributed by atoms with E-state index in [1.807, 2.05) is 6.92 Å². The number of ether oxygens (including phenoxy) is 1. The van der Waals surface area contributed by atoms with E-state index >= 15 is 0 Å². The van der Waals surface area contributed by atoms with Crippen LogP contribution in [0.2, 0.25) is 0 Å². The highest BCUT2D eigenvalue weighted by atomic mass is 32.1. The fourth-order valence-electron chi connectivity index (χ4n) is 1.18. The SMILES string of the molecule is CCCCOC(=O)S.CN1CCCC1. The van der Waals surface area contributed by atoms with Gasteiger partial charge in [0.05, 0.1) is 6.61 Å². The molecule has 1 saturated heterocycles. The molecular weight excluding hydrogens is 198 g/mol. The molecule has 0 aromatic rings. The highest BCUT2D eigenvalue weighted by Crippen LogP contribution is 2.02. The fourth-order valence-corrected chi connectivity index (χ4v) is 1.27. The van der Waals surface area contributed by atoms with Crippen LogP contribution in [-0.4, -0.2) is 36.9 Å². The number of rotatable bonds is 3. The Morgan fingerprint density at radius 1 is 1.43 bits per heavy atom. The Morgan fingerprint density at radius 2 is 2.00 bits per heavy atom. The molecule has 14 heavy (non-hydrogen) atoms. The first kappa shape index (κ1) is 13.8. The maximum absolute atomic E-state index is 9.96. The second-order valence-electron chi connectivity index (χ2n) is 3.48. The minimum atomic E-state index is -0.488. The van der Waals surface area contributed by atoms with Crippen molar-refractivity contribution in [2.45, 2.75) is 32.6 Å². The molecule has 0 amide bonds. The predicted molar refractivity (Wildman–Crippen MR) is 62.0 cm³/mol. The molecule has 0 bridgehead atoms. The molecule has 1 aliphatic rings. The number of hydrogen-bond donors (Lipinski definition) is 1. The molecular formula is C10H21NO2S. The van der Waals surface area contributed by atoms with Crippen LogP contribution in [0, 0.1) is 0 Å². The summed E-state index contributed by atoms with van der Waals surface area (Å²) in [5, 5.41) is -0.488. The average Bonchev–Trinajstić information content (AvgIpc) is 2.57. The zero-order valence-electron chi connectivity index (χ0n) is 9.16. The summed E-state index contributed by atoms with van der Waals surface area (Å²) in [6.45, 7) is 5.17. The lowest BCUT2D eigenvalue weighted by Gasteiger charge is -2.01. The molecule has 0 spiro atoms. The average molecular weight is 219 g/mol. The van der Waals surface area contributed by atoms with Crippen molar-refractivity contribution >= 4 is 17.9 Å². The Hall–Kier alpha value is -0.220. The Kier molecular flexibility index (Phi) is 9.19. The lowest BCUT2D eigenvalue weighted by atomic mass is 10.4. The maximum atomic E-state index is 9.96. The number of thiol groups is 1. The molecule has 0 saturated carbocycles. The number of carbonyl (C=O) groups is 1. The van der Waals surface area contributed by atoms with Crippen LogP contribution in [0.1, 0.15) is 32.6 Å². The van der Waals surface area contributed by atoms with E-state index in [-0.39, 0.29) is 0 Å². The van der Waals surface area contributed by atoms with Crippen LogP contribution < -0.4 is 0 Å². The third-order valence-corrected chi connectivity index (χ3v) is 2.18. The van der Waals surface area contributed by atoms with Gasteiger partial charge in [-0.1, -0.05) is 26.0 Å². The normalized spacial score (nSPS) is 15.9. The Bertz CT molecular complexity index is 147. The first-order valence-corrected chi connectivity index (χ1v) is 5.65. The molecule has 1 fully saturated rings. The molecule has 1 heterocycles. The zero-order chi connectivity index (χ0) is 10.8. The molecule has 0 N–H and O–H groups in total. The third-order valence-electron chi connectivity index (χ3n) is 2.05. The van der Waals surface area contributed by atoms with Crippen LogP contribution >= 0.6 is 12.6 Å². The van der Waals surface area contributed by atoms with Crippen molar-refractivity contribution in [3.63, 3.8) is 0 Å². The van der Waals surface area contributed by atoms with E-state index in [0.717, 1.165) is 12.8 Å². The van der Waals surface area contributed by atoms with Gasteiger partial charge in [0.1, 0.15) is 0 Å². The lowest BCUT2D eigenvalue weighted by Crippen LogP contribution is -2.10. The van der Waals surface area contributed by atoms with E-state index in [0.29, 0.717) is 6.61 Å². The summed E-state index contributed by atoms with van der Waals surface area (Å²) in [5.41, 5.74) is 0. The molecule has 1 aliphatic heterocycles. The largest absolute Gasteiger partial charge is 0.458 e. The van der Waals surface area contributed by atoms with Crippen molar-refractivity contribution in [1.29, 1.82) is 0 Å². The second-order valence-corrected chi connectivity index (χ2v) is 3.84. The Morgan fingerprint density at radius 3 is 2.29 bits per heavy atom. The van der Waals surface area contributed by atoms with Gasteiger partial charge in [-0.05, 0) is 39.4 Å². The third kappa shape index (κ3) is 9.86. The number of hydrogen-bond acceptors (Lipinski definition) is 3. The van der Waals surface area contributed by atoms with E-state index in [4.69, 9.17) is 0 Å². The van der Waals surface area contributed by atoms with Gasteiger partial charge < -0.3 is 9.64 Å². The fraction of sp³-hybridized carbons (Fsp3) is 0.900. The van der Waals surface area contributed by atoms with E-state index < -0.39 is 5.30 Å². The highest BCUT2D eigenvalue weighted by Gasteiger charge is 2.03. The van der Waals surface area contributed by atoms with Crippen molar-refractivity contribution in [3.8, 4) is 0 Å². The first-order valence-electron chi connectivity index (χ1n) is 5.21. The number of likely N-dealkylation sites (tertiary alicyclic amines) is 1. The van der Waals surface area contributed by atoms with Crippen LogP contribution in [0.15, 0.2) is 0 Å². The van der Waals surface area contributed by atoms with Gasteiger partial charge in [-0.25, -0.2) is 4.79 Å². The Labute approximate surface area is 92.2 Å². The summed E-state index contributed by atoms with van der Waals surface area (Å²) in [6.07, 6.45) is 4.79. The standard InChI is InChI=1S/C5H11N.C5H10O2S/c1-6-4-2-3-5-6;1-2-3-4-7-5(6)8/h2-5H2,1H3;2-4H2,1H3,(H,6,8). The van der Waals surface area contributed by atoms with E-state index in [1.165, 1.54) is 25.9 Å². The first-order chi connectivity index (χ1) is 6.66. The van der Waals surface area contributed by atoms with Crippen LogP contribution in [0.3, 0.4) is 0 Å². The van der Waals surface area contributed by atoms with Crippen molar-refractivity contribution in [2.75, 3.05) is 26.7 Å². The highest BCUT2D eigenvalue weighted by molar-refractivity contribution is 7.96. The molecule has 0 atom stereocenters. The molecule has 84 valence electrons. The quantitative estimate of drug-likeness (QED) is 0.449. The summed E-state index contributed by atoms with van der Waals surface area (Å²) < 4.78 is 4.51. The van der Waals surface area contributed by atoms with E-state index in [2.05, 4.69) is 29.3 Å². The van der Waals surface area contributed by atoms with Gasteiger partial charge in [-0.2, -0.15) is 0 Å². The molecule has 4 heteroatoms. The van der Waals surface area contributed by atoms with Gasteiger partial charge in [0.15, 0.2) is 0 Å². The molecule has 0 aromatic carbocycles.